The van der Waals surface area contributed by atoms with Gasteiger partial charge in [0.05, 0.1) is 6.42 Å². The molecule has 1 saturated carbocycles. The summed E-state index contributed by atoms with van der Waals surface area (Å²) >= 11 is 0. The summed E-state index contributed by atoms with van der Waals surface area (Å²) in [6.45, 7) is 1.79. The highest BCUT2D eigenvalue weighted by Crippen LogP contribution is 2.19. The minimum atomic E-state index is -0.673. The molecule has 0 aromatic heterocycles. The number of halogens is 1. The lowest BCUT2D eigenvalue weighted by molar-refractivity contribution is -0.140. The SMILES string of the molecule is CC(C(=O)NC1CCCCC1)N(Cc1ccccc1F)C(=O)Cc1ccccc1. The van der Waals surface area contributed by atoms with Crippen molar-refractivity contribution in [2.45, 2.75) is 64.1 Å². The van der Waals surface area contributed by atoms with Gasteiger partial charge in [-0.25, -0.2) is 4.39 Å². The van der Waals surface area contributed by atoms with E-state index < -0.39 is 6.04 Å². The molecule has 0 spiro atoms. The van der Waals surface area contributed by atoms with Crippen molar-refractivity contribution in [3.63, 3.8) is 0 Å². The van der Waals surface area contributed by atoms with Crippen molar-refractivity contribution in [1.29, 1.82) is 0 Å². The van der Waals surface area contributed by atoms with E-state index in [0.717, 1.165) is 31.2 Å². The van der Waals surface area contributed by atoms with E-state index in [1.807, 2.05) is 30.3 Å². The van der Waals surface area contributed by atoms with Gasteiger partial charge >= 0.3 is 0 Å². The van der Waals surface area contributed by atoms with Gasteiger partial charge in [-0.3, -0.25) is 9.59 Å². The number of hydrogen-bond acceptors (Lipinski definition) is 2. The molecule has 29 heavy (non-hydrogen) atoms. The maximum absolute atomic E-state index is 14.2. The fourth-order valence-electron chi connectivity index (χ4n) is 3.83. The molecule has 154 valence electrons. The standard InChI is InChI=1S/C24H29FN2O2/c1-18(24(29)26-21-13-6-3-7-14-21)27(17-20-12-8-9-15-22(20)25)23(28)16-19-10-4-2-5-11-19/h2,4-5,8-12,15,18,21H,3,6-7,13-14,16-17H2,1H3,(H,26,29). The van der Waals surface area contributed by atoms with Gasteiger partial charge in [0.1, 0.15) is 11.9 Å². The Balaban J connectivity index is 1.76. The first kappa shape index (κ1) is 21.0. The van der Waals surface area contributed by atoms with Crippen LogP contribution in [0, 0.1) is 5.82 Å². The van der Waals surface area contributed by atoms with Crippen LogP contribution in [0.15, 0.2) is 54.6 Å². The quantitative estimate of drug-likeness (QED) is 0.761. The maximum atomic E-state index is 14.2. The lowest BCUT2D eigenvalue weighted by atomic mass is 9.95. The van der Waals surface area contributed by atoms with E-state index in [1.54, 1.807) is 25.1 Å². The van der Waals surface area contributed by atoms with Gasteiger partial charge < -0.3 is 10.2 Å². The monoisotopic (exact) mass is 396 g/mol. The van der Waals surface area contributed by atoms with Gasteiger partial charge in [0.15, 0.2) is 0 Å². The molecule has 1 unspecified atom stereocenters. The van der Waals surface area contributed by atoms with E-state index in [0.29, 0.717) is 5.56 Å². The number of carbonyl (C=O) groups is 2. The summed E-state index contributed by atoms with van der Waals surface area (Å²) in [5, 5.41) is 3.09. The molecular formula is C24H29FN2O2. The molecule has 3 rings (SSSR count). The molecule has 0 heterocycles. The normalized spacial score (nSPS) is 15.5. The fraction of sp³-hybridized carbons (Fsp3) is 0.417. The van der Waals surface area contributed by atoms with Crippen LogP contribution in [0.2, 0.25) is 0 Å². The van der Waals surface area contributed by atoms with Crippen LogP contribution in [0.1, 0.15) is 50.2 Å². The van der Waals surface area contributed by atoms with E-state index in [4.69, 9.17) is 0 Å². The third-order valence-corrected chi connectivity index (χ3v) is 5.62. The topological polar surface area (TPSA) is 49.4 Å². The van der Waals surface area contributed by atoms with Crippen LogP contribution in [-0.4, -0.2) is 28.8 Å². The van der Waals surface area contributed by atoms with Crippen LogP contribution in [0.5, 0.6) is 0 Å². The van der Waals surface area contributed by atoms with Gasteiger partial charge in [-0.15, -0.1) is 0 Å². The minimum Gasteiger partial charge on any atom is -0.352 e. The summed E-state index contributed by atoms with van der Waals surface area (Å²) in [6.07, 6.45) is 5.57. The second kappa shape index (κ2) is 10.2. The van der Waals surface area contributed by atoms with E-state index in [9.17, 15) is 14.0 Å². The zero-order valence-electron chi connectivity index (χ0n) is 16.9. The zero-order valence-corrected chi connectivity index (χ0v) is 16.9. The molecule has 1 N–H and O–H groups in total. The molecule has 1 aliphatic rings. The van der Waals surface area contributed by atoms with Crippen LogP contribution in [-0.2, 0) is 22.6 Å². The van der Waals surface area contributed by atoms with Crippen molar-refractivity contribution < 1.29 is 14.0 Å². The van der Waals surface area contributed by atoms with E-state index >= 15 is 0 Å². The molecule has 5 heteroatoms. The van der Waals surface area contributed by atoms with Crippen molar-refractivity contribution in [3.05, 3.63) is 71.5 Å². The van der Waals surface area contributed by atoms with E-state index in [-0.39, 0.29) is 36.6 Å². The van der Waals surface area contributed by atoms with Gasteiger partial charge in [0, 0.05) is 18.2 Å². The Kier molecular flexibility index (Phi) is 7.39. The molecular weight excluding hydrogens is 367 g/mol. The van der Waals surface area contributed by atoms with Crippen molar-refractivity contribution in [1.82, 2.24) is 10.2 Å². The first-order chi connectivity index (χ1) is 14.0. The molecule has 0 aliphatic heterocycles. The summed E-state index contributed by atoms with van der Waals surface area (Å²) in [4.78, 5) is 27.5. The Morgan fingerprint density at radius 1 is 1.03 bits per heavy atom. The lowest BCUT2D eigenvalue weighted by Crippen LogP contribution is -2.50. The Morgan fingerprint density at radius 3 is 2.38 bits per heavy atom. The minimum absolute atomic E-state index is 0.0671. The predicted octanol–water partition coefficient (Wildman–Crippen LogP) is 4.23. The van der Waals surface area contributed by atoms with E-state index in [1.165, 1.54) is 17.4 Å². The summed E-state index contributed by atoms with van der Waals surface area (Å²) < 4.78 is 14.2. The molecule has 2 aromatic rings. The molecule has 0 bridgehead atoms. The van der Waals surface area contributed by atoms with Crippen molar-refractivity contribution in [2.75, 3.05) is 0 Å². The first-order valence-electron chi connectivity index (χ1n) is 10.4. The average molecular weight is 397 g/mol. The van der Waals surface area contributed by atoms with Gasteiger partial charge in [-0.1, -0.05) is 67.8 Å². The van der Waals surface area contributed by atoms with Gasteiger partial charge in [0.2, 0.25) is 11.8 Å². The number of amides is 2. The molecule has 0 radical (unpaired) electrons. The molecule has 0 saturated heterocycles. The Labute approximate surface area is 172 Å². The fourth-order valence-corrected chi connectivity index (χ4v) is 3.83. The Hall–Kier alpha value is -2.69. The Morgan fingerprint density at radius 2 is 1.69 bits per heavy atom. The number of carbonyl (C=O) groups excluding carboxylic acids is 2. The molecule has 4 nitrogen and oxygen atoms in total. The smallest absolute Gasteiger partial charge is 0.242 e. The highest BCUT2D eigenvalue weighted by Gasteiger charge is 2.28. The summed E-state index contributed by atoms with van der Waals surface area (Å²) in [5.74, 6) is -0.731. The molecule has 2 amide bonds. The second-order valence-corrected chi connectivity index (χ2v) is 7.79. The van der Waals surface area contributed by atoms with Crippen molar-refractivity contribution >= 4 is 11.8 Å². The average Bonchev–Trinajstić information content (AvgIpc) is 2.74. The highest BCUT2D eigenvalue weighted by molar-refractivity contribution is 5.88. The van der Waals surface area contributed by atoms with Gasteiger partial charge in [-0.2, -0.15) is 0 Å². The van der Waals surface area contributed by atoms with Crippen molar-refractivity contribution in [2.24, 2.45) is 0 Å². The van der Waals surface area contributed by atoms with Crippen LogP contribution < -0.4 is 5.32 Å². The molecule has 2 aromatic carbocycles. The van der Waals surface area contributed by atoms with Crippen LogP contribution in [0.25, 0.3) is 0 Å². The molecule has 1 atom stereocenters. The lowest BCUT2D eigenvalue weighted by Gasteiger charge is -2.31. The first-order valence-corrected chi connectivity index (χ1v) is 10.4. The Bertz CT molecular complexity index is 819. The highest BCUT2D eigenvalue weighted by atomic mass is 19.1. The van der Waals surface area contributed by atoms with Crippen LogP contribution >= 0.6 is 0 Å². The van der Waals surface area contributed by atoms with Gasteiger partial charge in [-0.05, 0) is 31.4 Å². The van der Waals surface area contributed by atoms with Gasteiger partial charge in [0.25, 0.3) is 0 Å². The number of rotatable bonds is 7. The maximum Gasteiger partial charge on any atom is 0.242 e. The number of nitrogens with one attached hydrogen (secondary N) is 1. The number of benzene rings is 2. The zero-order chi connectivity index (χ0) is 20.6. The third-order valence-electron chi connectivity index (χ3n) is 5.62. The summed E-state index contributed by atoms with van der Waals surface area (Å²) in [5.41, 5.74) is 1.28. The molecule has 1 fully saturated rings. The molecule has 1 aliphatic carbocycles. The largest absolute Gasteiger partial charge is 0.352 e. The number of nitrogens with zero attached hydrogens (tertiary/aromatic N) is 1. The second-order valence-electron chi connectivity index (χ2n) is 7.79. The van der Waals surface area contributed by atoms with Crippen LogP contribution in [0.3, 0.4) is 0 Å². The predicted molar refractivity (Wildman–Crippen MR) is 112 cm³/mol. The summed E-state index contributed by atoms with van der Waals surface area (Å²) in [6, 6.07) is 15.3. The summed E-state index contributed by atoms with van der Waals surface area (Å²) in [7, 11) is 0. The van der Waals surface area contributed by atoms with Crippen LogP contribution in [0.4, 0.5) is 4.39 Å². The van der Waals surface area contributed by atoms with E-state index in [2.05, 4.69) is 5.32 Å². The third kappa shape index (κ3) is 5.89. The number of hydrogen-bond donors (Lipinski definition) is 1. The van der Waals surface area contributed by atoms with Crippen molar-refractivity contribution in [3.8, 4) is 0 Å².